The van der Waals surface area contributed by atoms with Gasteiger partial charge in [0.05, 0.1) is 11.4 Å². The molecule has 6 nitrogen and oxygen atoms in total. The van der Waals surface area contributed by atoms with Crippen LogP contribution in [-0.4, -0.2) is 57.2 Å². The van der Waals surface area contributed by atoms with Crippen LogP contribution in [0.4, 0.5) is 5.69 Å². The van der Waals surface area contributed by atoms with E-state index in [0.717, 1.165) is 19.5 Å². The maximum atomic E-state index is 12.4. The predicted octanol–water partition coefficient (Wildman–Crippen LogP) is 2.08. The van der Waals surface area contributed by atoms with Crippen LogP contribution in [0.3, 0.4) is 0 Å². The Morgan fingerprint density at radius 3 is 2.64 bits per heavy atom. The van der Waals surface area contributed by atoms with Crippen molar-refractivity contribution < 1.29 is 13.2 Å². The summed E-state index contributed by atoms with van der Waals surface area (Å²) in [4.78, 5) is 14.7. The SMILES string of the molecule is CCN(CC)C(C)CNC(=O)c1cccc(N2CCCCS2(=O)=O)c1. The fraction of sp³-hybridized carbons (Fsp3) is 0.611. The van der Waals surface area contributed by atoms with E-state index in [1.807, 2.05) is 0 Å². The average Bonchev–Trinajstić information content (AvgIpc) is 2.60. The van der Waals surface area contributed by atoms with E-state index < -0.39 is 10.0 Å². The Labute approximate surface area is 151 Å². The number of sulfonamides is 1. The largest absolute Gasteiger partial charge is 0.350 e. The lowest BCUT2D eigenvalue weighted by Gasteiger charge is -2.28. The summed E-state index contributed by atoms with van der Waals surface area (Å²) in [6, 6.07) is 7.13. The number of rotatable bonds is 7. The smallest absolute Gasteiger partial charge is 0.251 e. The molecule has 1 unspecified atom stereocenters. The van der Waals surface area contributed by atoms with Gasteiger partial charge in [-0.15, -0.1) is 0 Å². The Hall–Kier alpha value is -1.60. The number of nitrogens with one attached hydrogen (secondary N) is 1. The topological polar surface area (TPSA) is 69.7 Å². The minimum Gasteiger partial charge on any atom is -0.350 e. The van der Waals surface area contributed by atoms with E-state index in [2.05, 4.69) is 31.0 Å². The van der Waals surface area contributed by atoms with Gasteiger partial charge in [0.1, 0.15) is 0 Å². The van der Waals surface area contributed by atoms with Crippen molar-refractivity contribution in [3.05, 3.63) is 29.8 Å². The average molecular weight is 368 g/mol. The summed E-state index contributed by atoms with van der Waals surface area (Å²) in [5.41, 5.74) is 1.06. The molecule has 0 aromatic heterocycles. The summed E-state index contributed by atoms with van der Waals surface area (Å²) in [7, 11) is -3.27. The summed E-state index contributed by atoms with van der Waals surface area (Å²) >= 11 is 0. The van der Waals surface area contributed by atoms with Crippen LogP contribution >= 0.6 is 0 Å². The molecule has 2 rings (SSSR count). The molecule has 140 valence electrons. The van der Waals surface area contributed by atoms with Crippen LogP contribution in [0.2, 0.25) is 0 Å². The second-order valence-corrected chi connectivity index (χ2v) is 8.44. The van der Waals surface area contributed by atoms with Crippen LogP contribution in [0, 0.1) is 0 Å². The normalized spacial score (nSPS) is 18.2. The first-order valence-corrected chi connectivity index (χ1v) is 10.6. The van der Waals surface area contributed by atoms with Gasteiger partial charge in [-0.05, 0) is 51.1 Å². The summed E-state index contributed by atoms with van der Waals surface area (Å²) in [5, 5.41) is 2.95. The Morgan fingerprint density at radius 1 is 1.28 bits per heavy atom. The Bertz CT molecular complexity index is 687. The van der Waals surface area contributed by atoms with Gasteiger partial charge in [-0.25, -0.2) is 8.42 Å². The molecule has 1 aliphatic heterocycles. The number of nitrogens with zero attached hydrogens (tertiary/aromatic N) is 2. The van der Waals surface area contributed by atoms with Gasteiger partial charge < -0.3 is 5.32 Å². The second-order valence-electron chi connectivity index (χ2n) is 6.43. The number of hydrogen-bond donors (Lipinski definition) is 1. The molecule has 0 saturated carbocycles. The molecule has 0 aliphatic carbocycles. The standard InChI is InChI=1S/C18H29N3O3S/c1-4-20(5-2)15(3)14-19-18(22)16-9-8-10-17(13-16)21-11-6-7-12-25(21,23)24/h8-10,13,15H,4-7,11-12,14H2,1-3H3,(H,19,22). The van der Waals surface area contributed by atoms with Crippen molar-refractivity contribution in [1.29, 1.82) is 0 Å². The van der Waals surface area contributed by atoms with Gasteiger partial charge in [0, 0.05) is 24.7 Å². The molecule has 1 saturated heterocycles. The lowest BCUT2D eigenvalue weighted by molar-refractivity contribution is 0.0938. The molecule has 1 aromatic carbocycles. The Morgan fingerprint density at radius 2 is 2.00 bits per heavy atom. The Balaban J connectivity index is 2.06. The number of benzene rings is 1. The summed E-state index contributed by atoms with van der Waals surface area (Å²) in [6.45, 7) is 9.21. The quantitative estimate of drug-likeness (QED) is 0.801. The van der Waals surface area contributed by atoms with E-state index in [1.165, 1.54) is 4.31 Å². The molecule has 1 atom stereocenters. The van der Waals surface area contributed by atoms with Crippen molar-refractivity contribution in [3.8, 4) is 0 Å². The number of likely N-dealkylation sites (N-methyl/N-ethyl adjacent to an activating group) is 1. The first kappa shape index (κ1) is 19.7. The fourth-order valence-corrected chi connectivity index (χ4v) is 4.83. The van der Waals surface area contributed by atoms with E-state index in [9.17, 15) is 13.2 Å². The van der Waals surface area contributed by atoms with E-state index in [1.54, 1.807) is 24.3 Å². The number of carbonyl (C=O) groups is 1. The zero-order valence-electron chi connectivity index (χ0n) is 15.4. The molecule has 7 heteroatoms. The van der Waals surface area contributed by atoms with Gasteiger partial charge in [0.25, 0.3) is 5.91 Å². The third-order valence-electron chi connectivity index (χ3n) is 4.74. The molecule has 1 amide bonds. The van der Waals surface area contributed by atoms with Gasteiger partial charge in [0.2, 0.25) is 10.0 Å². The van der Waals surface area contributed by atoms with Crippen LogP contribution in [0.25, 0.3) is 0 Å². The predicted molar refractivity (Wildman–Crippen MR) is 102 cm³/mol. The fourth-order valence-electron chi connectivity index (χ4n) is 3.20. The van der Waals surface area contributed by atoms with Crippen LogP contribution in [0.5, 0.6) is 0 Å². The minimum atomic E-state index is -3.27. The molecule has 0 bridgehead atoms. The van der Waals surface area contributed by atoms with Crippen LogP contribution < -0.4 is 9.62 Å². The van der Waals surface area contributed by atoms with Crippen molar-refractivity contribution in [2.45, 2.75) is 39.7 Å². The third-order valence-corrected chi connectivity index (χ3v) is 6.61. The van der Waals surface area contributed by atoms with E-state index in [0.29, 0.717) is 30.8 Å². The van der Waals surface area contributed by atoms with Gasteiger partial charge in [-0.2, -0.15) is 0 Å². The van der Waals surface area contributed by atoms with Crippen LogP contribution in [0.1, 0.15) is 44.0 Å². The van der Waals surface area contributed by atoms with Crippen LogP contribution in [-0.2, 0) is 10.0 Å². The van der Waals surface area contributed by atoms with Crippen molar-refractivity contribution in [2.24, 2.45) is 0 Å². The molecule has 0 spiro atoms. The Kier molecular flexibility index (Phi) is 6.84. The molecule has 1 fully saturated rings. The monoisotopic (exact) mass is 367 g/mol. The van der Waals surface area contributed by atoms with Gasteiger partial charge in [-0.3, -0.25) is 14.0 Å². The molecular formula is C18H29N3O3S. The highest BCUT2D eigenvalue weighted by Crippen LogP contribution is 2.24. The van der Waals surface area contributed by atoms with E-state index in [-0.39, 0.29) is 17.7 Å². The lowest BCUT2D eigenvalue weighted by atomic mass is 10.1. The summed E-state index contributed by atoms with van der Waals surface area (Å²) in [6.07, 6.45) is 1.54. The number of carbonyl (C=O) groups excluding carboxylic acids is 1. The lowest BCUT2D eigenvalue weighted by Crippen LogP contribution is -2.42. The van der Waals surface area contributed by atoms with E-state index in [4.69, 9.17) is 0 Å². The molecule has 1 heterocycles. The first-order chi connectivity index (χ1) is 11.9. The molecule has 0 radical (unpaired) electrons. The maximum Gasteiger partial charge on any atom is 0.251 e. The highest BCUT2D eigenvalue weighted by Gasteiger charge is 2.26. The molecular weight excluding hydrogens is 338 g/mol. The maximum absolute atomic E-state index is 12.4. The minimum absolute atomic E-state index is 0.171. The molecule has 1 aromatic rings. The van der Waals surface area contributed by atoms with Gasteiger partial charge >= 0.3 is 0 Å². The van der Waals surface area contributed by atoms with Crippen molar-refractivity contribution in [1.82, 2.24) is 10.2 Å². The number of hydrogen-bond acceptors (Lipinski definition) is 4. The van der Waals surface area contributed by atoms with E-state index >= 15 is 0 Å². The number of anilines is 1. The zero-order chi connectivity index (χ0) is 18.4. The van der Waals surface area contributed by atoms with Crippen LogP contribution in [0.15, 0.2) is 24.3 Å². The van der Waals surface area contributed by atoms with Crippen molar-refractivity contribution >= 4 is 21.6 Å². The highest BCUT2D eigenvalue weighted by molar-refractivity contribution is 7.92. The first-order valence-electron chi connectivity index (χ1n) is 9.01. The summed E-state index contributed by atoms with van der Waals surface area (Å²) in [5.74, 6) is 0.000385. The van der Waals surface area contributed by atoms with Gasteiger partial charge in [0.15, 0.2) is 0 Å². The molecule has 1 aliphatic rings. The van der Waals surface area contributed by atoms with Crippen molar-refractivity contribution in [3.63, 3.8) is 0 Å². The number of amides is 1. The highest BCUT2D eigenvalue weighted by atomic mass is 32.2. The zero-order valence-corrected chi connectivity index (χ0v) is 16.2. The summed E-state index contributed by atoms with van der Waals surface area (Å²) < 4.78 is 25.9. The molecule has 25 heavy (non-hydrogen) atoms. The third kappa shape index (κ3) is 4.95. The molecule has 1 N–H and O–H groups in total. The van der Waals surface area contributed by atoms with Gasteiger partial charge in [-0.1, -0.05) is 19.9 Å². The second kappa shape index (κ2) is 8.67. The van der Waals surface area contributed by atoms with Crippen molar-refractivity contribution in [2.75, 3.05) is 36.2 Å².